The van der Waals surface area contributed by atoms with Gasteiger partial charge in [-0.2, -0.15) is 27.1 Å². The van der Waals surface area contributed by atoms with E-state index < -0.39 is 41.5 Å². The molecule has 6 aromatic carbocycles. The Morgan fingerprint density at radius 2 is 1.18 bits per heavy atom. The molecule has 0 fully saturated rings. The van der Waals surface area contributed by atoms with Crippen LogP contribution in [0.1, 0.15) is 0 Å². The lowest BCUT2D eigenvalue weighted by atomic mass is 10.1. The molecule has 0 saturated heterocycles. The number of phenolic OH excluding ortho intramolecular Hbond substituents is 2. The van der Waals surface area contributed by atoms with Gasteiger partial charge in [0, 0.05) is 34.2 Å². The van der Waals surface area contributed by atoms with E-state index in [4.69, 9.17) is 5.73 Å². The minimum atomic E-state index is -4.99. The van der Waals surface area contributed by atoms with E-state index in [0.29, 0.717) is 22.7 Å². The summed E-state index contributed by atoms with van der Waals surface area (Å²) >= 11 is 0. The van der Waals surface area contributed by atoms with E-state index >= 15 is 0 Å². The van der Waals surface area contributed by atoms with Crippen LogP contribution < -0.4 is 16.4 Å². The summed E-state index contributed by atoms with van der Waals surface area (Å²) in [4.78, 5) is -1.51. The van der Waals surface area contributed by atoms with Crippen LogP contribution in [-0.4, -0.2) is 36.2 Å². The van der Waals surface area contributed by atoms with Crippen LogP contribution in [0.4, 0.5) is 51.2 Å². The van der Waals surface area contributed by atoms with Crippen molar-refractivity contribution in [3.8, 4) is 11.5 Å². The van der Waals surface area contributed by atoms with Gasteiger partial charge in [0.15, 0.2) is 5.75 Å². The number of fused-ring (bicyclic) bond motifs is 1. The molecule has 0 aromatic heterocycles. The summed E-state index contributed by atoms with van der Waals surface area (Å²) in [5.74, 6) is -0.696. The maximum Gasteiger partial charge on any atom is 0.296 e. The molecule has 0 saturated carbocycles. The first-order valence-corrected chi connectivity index (χ1v) is 17.6. The van der Waals surface area contributed by atoms with E-state index in [1.807, 2.05) is 30.3 Å². The molecular formula is C34H27N7O8S2. The van der Waals surface area contributed by atoms with Crippen molar-refractivity contribution in [3.05, 3.63) is 115 Å². The number of nitrogen functional groups attached to an aromatic ring is 1. The number of phenols is 2. The quantitative estimate of drug-likeness (QED) is 0.0400. The van der Waals surface area contributed by atoms with Crippen molar-refractivity contribution in [2.24, 2.45) is 20.5 Å². The Bertz CT molecular complexity index is 2550. The minimum Gasteiger partial charge on any atom is -0.508 e. The smallest absolute Gasteiger partial charge is 0.296 e. The van der Waals surface area contributed by atoms with Gasteiger partial charge in [-0.1, -0.05) is 18.2 Å². The second-order valence-corrected chi connectivity index (χ2v) is 13.8. The lowest BCUT2D eigenvalue weighted by molar-refractivity contribution is 0.472. The number of hydrogen-bond acceptors (Lipinski definition) is 13. The van der Waals surface area contributed by atoms with E-state index in [9.17, 15) is 36.2 Å². The van der Waals surface area contributed by atoms with E-state index in [0.717, 1.165) is 29.6 Å². The number of anilines is 5. The van der Waals surface area contributed by atoms with Crippen molar-refractivity contribution in [1.29, 1.82) is 0 Å². The number of nitrogens with zero attached hydrogens (tertiary/aromatic N) is 4. The Balaban J connectivity index is 1.17. The molecule has 258 valence electrons. The molecule has 0 aliphatic carbocycles. The summed E-state index contributed by atoms with van der Waals surface area (Å²) in [5.41, 5.74) is 9.13. The van der Waals surface area contributed by atoms with Crippen LogP contribution in [0.25, 0.3) is 10.8 Å². The van der Waals surface area contributed by atoms with Crippen LogP contribution >= 0.6 is 0 Å². The van der Waals surface area contributed by atoms with Gasteiger partial charge in [-0.3, -0.25) is 9.11 Å². The van der Waals surface area contributed by atoms with Crippen molar-refractivity contribution in [1.82, 2.24) is 0 Å². The van der Waals surface area contributed by atoms with Gasteiger partial charge in [-0.15, -0.1) is 10.2 Å². The van der Waals surface area contributed by atoms with Gasteiger partial charge >= 0.3 is 0 Å². The number of hydrogen-bond donors (Lipinski definition) is 7. The predicted molar refractivity (Wildman–Crippen MR) is 192 cm³/mol. The Morgan fingerprint density at radius 1 is 0.588 bits per heavy atom. The van der Waals surface area contributed by atoms with E-state index in [-0.39, 0.29) is 27.9 Å². The van der Waals surface area contributed by atoms with Crippen molar-refractivity contribution >= 4 is 82.2 Å². The first-order valence-electron chi connectivity index (χ1n) is 14.7. The molecule has 51 heavy (non-hydrogen) atoms. The topological polar surface area (TPSA) is 249 Å². The number of aromatic hydroxyl groups is 2. The zero-order valence-electron chi connectivity index (χ0n) is 26.1. The zero-order chi connectivity index (χ0) is 36.3. The minimum absolute atomic E-state index is 0.0844. The number of nitrogens with one attached hydrogen (secondary N) is 2. The Hall–Kier alpha value is -6.40. The third-order valence-electron chi connectivity index (χ3n) is 7.32. The average molecular weight is 726 g/mol. The molecule has 0 bridgehead atoms. The third kappa shape index (κ3) is 8.09. The van der Waals surface area contributed by atoms with Crippen molar-refractivity contribution in [3.63, 3.8) is 0 Å². The molecule has 0 heterocycles. The molecule has 0 unspecified atom stereocenters. The highest BCUT2D eigenvalue weighted by atomic mass is 32.2. The van der Waals surface area contributed by atoms with Gasteiger partial charge in [-0.25, -0.2) is 0 Å². The molecule has 0 spiro atoms. The summed E-state index contributed by atoms with van der Waals surface area (Å²) in [5, 5.41) is 43.4. The standard InChI is InChI=1S/C34H27N7O8S2/c35-28-19-27(50(44,45)46)16-20-17-31(51(47,48)49)33(34(43)32(20)28)41-39-25-12-8-23(9-13-25)36-22-6-10-24(11-7-22)38-40-29-15-14-26(42)18-30(29)37-21-4-2-1-3-5-21/h1-19,36-37,42-43H,35H2,(H,44,45,46)(H,47,48,49). The van der Waals surface area contributed by atoms with Crippen molar-refractivity contribution in [2.45, 2.75) is 9.79 Å². The molecule has 0 aliphatic heterocycles. The molecule has 17 heteroatoms. The van der Waals surface area contributed by atoms with Gasteiger partial charge in [-0.05, 0) is 96.4 Å². The normalized spacial score (nSPS) is 12.1. The molecule has 0 atom stereocenters. The highest BCUT2D eigenvalue weighted by molar-refractivity contribution is 7.86. The van der Waals surface area contributed by atoms with Crippen LogP contribution in [0.5, 0.6) is 11.5 Å². The second kappa shape index (κ2) is 13.8. The Labute approximate surface area is 291 Å². The van der Waals surface area contributed by atoms with E-state index in [1.165, 1.54) is 6.07 Å². The van der Waals surface area contributed by atoms with Crippen LogP contribution in [0.2, 0.25) is 0 Å². The SMILES string of the molecule is Nc1cc(S(=O)(=O)O)cc2cc(S(=O)(=O)O)c(N=Nc3ccc(Nc4ccc(N=Nc5ccc(O)cc5Nc5ccccc5)cc4)cc3)c(O)c12. The lowest BCUT2D eigenvalue weighted by Gasteiger charge is -2.12. The van der Waals surface area contributed by atoms with Crippen molar-refractivity contribution in [2.75, 3.05) is 16.4 Å². The largest absolute Gasteiger partial charge is 0.508 e. The third-order valence-corrected chi connectivity index (χ3v) is 9.02. The maximum atomic E-state index is 12.2. The number of azo groups is 2. The second-order valence-electron chi connectivity index (χ2n) is 10.9. The molecule has 6 rings (SSSR count). The summed E-state index contributed by atoms with van der Waals surface area (Å²) in [6.07, 6.45) is 0. The molecule has 0 amide bonds. The van der Waals surface area contributed by atoms with Crippen LogP contribution in [0, 0.1) is 0 Å². The van der Waals surface area contributed by atoms with Gasteiger partial charge in [0.25, 0.3) is 20.2 Å². The summed E-state index contributed by atoms with van der Waals surface area (Å²) in [6.45, 7) is 0. The molecule has 15 nitrogen and oxygen atoms in total. The zero-order valence-corrected chi connectivity index (χ0v) is 27.7. The van der Waals surface area contributed by atoms with Crippen LogP contribution in [-0.2, 0) is 20.2 Å². The van der Waals surface area contributed by atoms with Crippen molar-refractivity contribution < 1.29 is 36.2 Å². The summed E-state index contributed by atoms with van der Waals surface area (Å²) in [7, 11) is -9.71. The highest BCUT2D eigenvalue weighted by Crippen LogP contribution is 2.44. The first-order chi connectivity index (χ1) is 24.2. The van der Waals surface area contributed by atoms with Crippen LogP contribution in [0.3, 0.4) is 0 Å². The number of benzene rings is 6. The van der Waals surface area contributed by atoms with E-state index in [2.05, 4.69) is 31.1 Å². The molecular weight excluding hydrogens is 699 g/mol. The fourth-order valence-corrected chi connectivity index (χ4v) is 6.14. The van der Waals surface area contributed by atoms with Crippen LogP contribution in [0.15, 0.2) is 146 Å². The highest BCUT2D eigenvalue weighted by Gasteiger charge is 2.24. The molecule has 0 aliphatic rings. The summed E-state index contributed by atoms with van der Waals surface area (Å²) < 4.78 is 66.8. The fourth-order valence-electron chi connectivity index (χ4n) is 4.93. The number of nitrogens with two attached hydrogens (primary N) is 1. The first kappa shape index (κ1) is 34.5. The van der Waals surface area contributed by atoms with Gasteiger partial charge in [0.2, 0.25) is 0 Å². The Kier molecular flexibility index (Phi) is 9.35. The number of rotatable bonds is 10. The molecule has 6 aromatic rings. The fraction of sp³-hybridized carbons (Fsp3) is 0. The number of para-hydroxylation sites is 1. The van der Waals surface area contributed by atoms with Gasteiger partial charge in [0.05, 0.1) is 22.0 Å². The monoisotopic (exact) mass is 725 g/mol. The molecule has 8 N–H and O–H groups in total. The predicted octanol–water partition coefficient (Wildman–Crippen LogP) is 8.64. The lowest BCUT2D eigenvalue weighted by Crippen LogP contribution is -2.02. The van der Waals surface area contributed by atoms with Gasteiger partial charge in [0.1, 0.15) is 22.0 Å². The van der Waals surface area contributed by atoms with Gasteiger partial charge < -0.3 is 26.6 Å². The molecule has 0 radical (unpaired) electrons. The average Bonchev–Trinajstić information content (AvgIpc) is 3.08. The van der Waals surface area contributed by atoms with E-state index in [1.54, 1.807) is 60.7 Å². The maximum absolute atomic E-state index is 12.2. The Morgan fingerprint density at radius 3 is 1.76 bits per heavy atom. The summed E-state index contributed by atoms with van der Waals surface area (Å²) in [6, 6.07) is 30.4.